The minimum atomic E-state index is 0.335. The van der Waals surface area contributed by atoms with Crippen molar-refractivity contribution in [2.75, 3.05) is 58.9 Å². The first-order chi connectivity index (χ1) is 9.20. The van der Waals surface area contributed by atoms with Crippen LogP contribution >= 0.6 is 0 Å². The summed E-state index contributed by atoms with van der Waals surface area (Å²) in [6.45, 7) is 13.6. The SMILES string of the molecule is CCN1CCN(C(=O)CC(C)N2CCNCC2)CC1. The van der Waals surface area contributed by atoms with Crippen LogP contribution in [0, 0.1) is 0 Å². The summed E-state index contributed by atoms with van der Waals surface area (Å²) in [6, 6.07) is 0.374. The number of piperazine rings is 2. The van der Waals surface area contributed by atoms with Gasteiger partial charge in [0.25, 0.3) is 0 Å². The summed E-state index contributed by atoms with van der Waals surface area (Å²) in [5.41, 5.74) is 0. The van der Waals surface area contributed by atoms with Crippen molar-refractivity contribution in [3.05, 3.63) is 0 Å². The van der Waals surface area contributed by atoms with Gasteiger partial charge in [0.15, 0.2) is 0 Å². The molecule has 0 aromatic carbocycles. The second-order valence-electron chi connectivity index (χ2n) is 5.65. The summed E-state index contributed by atoms with van der Waals surface area (Å²) < 4.78 is 0. The summed E-state index contributed by atoms with van der Waals surface area (Å²) in [4.78, 5) is 19.2. The molecule has 1 unspecified atom stereocenters. The van der Waals surface area contributed by atoms with E-state index in [4.69, 9.17) is 0 Å². The Morgan fingerprint density at radius 3 is 2.32 bits per heavy atom. The molecule has 1 amide bonds. The fourth-order valence-electron chi connectivity index (χ4n) is 2.95. The lowest BCUT2D eigenvalue weighted by atomic mass is 10.1. The van der Waals surface area contributed by atoms with E-state index >= 15 is 0 Å². The Balaban J connectivity index is 1.74. The average Bonchev–Trinajstić information content (AvgIpc) is 2.48. The standard InChI is InChI=1S/C14H28N4O/c1-3-16-8-10-18(11-9-16)14(19)12-13(2)17-6-4-15-5-7-17/h13,15H,3-12H2,1-2H3. The molecule has 5 nitrogen and oxygen atoms in total. The number of amides is 1. The van der Waals surface area contributed by atoms with Crippen LogP contribution in [0.1, 0.15) is 20.3 Å². The van der Waals surface area contributed by atoms with Gasteiger partial charge in [0.05, 0.1) is 0 Å². The summed E-state index contributed by atoms with van der Waals surface area (Å²) in [6.07, 6.45) is 0.673. The molecule has 0 aromatic rings. The molecule has 0 aliphatic carbocycles. The highest BCUT2D eigenvalue weighted by Crippen LogP contribution is 2.09. The summed E-state index contributed by atoms with van der Waals surface area (Å²) in [5.74, 6) is 0.335. The Morgan fingerprint density at radius 1 is 1.11 bits per heavy atom. The molecule has 1 atom stereocenters. The lowest BCUT2D eigenvalue weighted by Gasteiger charge is -2.36. The fraction of sp³-hybridized carbons (Fsp3) is 0.929. The average molecular weight is 268 g/mol. The molecule has 2 aliphatic rings. The number of carbonyl (C=O) groups excluding carboxylic acids is 1. The van der Waals surface area contributed by atoms with Gasteiger partial charge in [0, 0.05) is 64.8 Å². The zero-order valence-electron chi connectivity index (χ0n) is 12.4. The first kappa shape index (κ1) is 14.8. The third-order valence-corrected chi connectivity index (χ3v) is 4.42. The molecule has 0 radical (unpaired) electrons. The Hall–Kier alpha value is -0.650. The highest BCUT2D eigenvalue weighted by Gasteiger charge is 2.24. The van der Waals surface area contributed by atoms with Gasteiger partial charge in [-0.1, -0.05) is 6.92 Å². The largest absolute Gasteiger partial charge is 0.340 e. The number of likely N-dealkylation sites (N-methyl/N-ethyl adjacent to an activating group) is 1. The van der Waals surface area contributed by atoms with Crippen molar-refractivity contribution in [3.63, 3.8) is 0 Å². The van der Waals surface area contributed by atoms with Crippen molar-refractivity contribution >= 4 is 5.91 Å². The Bertz CT molecular complexity index is 283. The Kier molecular flexibility index (Phi) is 5.60. The van der Waals surface area contributed by atoms with Crippen molar-refractivity contribution in [1.29, 1.82) is 0 Å². The summed E-state index contributed by atoms with van der Waals surface area (Å²) >= 11 is 0. The maximum absolute atomic E-state index is 12.3. The number of hydrogen-bond acceptors (Lipinski definition) is 4. The first-order valence-corrected chi connectivity index (χ1v) is 7.65. The van der Waals surface area contributed by atoms with Crippen molar-refractivity contribution in [1.82, 2.24) is 20.0 Å². The molecule has 2 saturated heterocycles. The predicted octanol–water partition coefficient (Wildman–Crippen LogP) is -0.166. The first-order valence-electron chi connectivity index (χ1n) is 7.65. The molecule has 2 fully saturated rings. The van der Waals surface area contributed by atoms with E-state index in [-0.39, 0.29) is 0 Å². The number of nitrogens with zero attached hydrogens (tertiary/aromatic N) is 3. The molecule has 2 heterocycles. The smallest absolute Gasteiger partial charge is 0.224 e. The van der Waals surface area contributed by atoms with E-state index in [1.165, 1.54) is 0 Å². The molecule has 0 spiro atoms. The number of rotatable bonds is 4. The molecule has 0 bridgehead atoms. The van der Waals surface area contributed by atoms with Crippen LogP contribution in [0.4, 0.5) is 0 Å². The fourth-order valence-corrected chi connectivity index (χ4v) is 2.95. The van der Waals surface area contributed by atoms with E-state index in [1.54, 1.807) is 0 Å². The van der Waals surface area contributed by atoms with E-state index in [1.807, 2.05) is 4.90 Å². The van der Waals surface area contributed by atoms with Crippen LogP contribution in [0.25, 0.3) is 0 Å². The van der Waals surface area contributed by atoms with E-state index in [0.717, 1.165) is 58.9 Å². The maximum atomic E-state index is 12.3. The molecule has 19 heavy (non-hydrogen) atoms. The van der Waals surface area contributed by atoms with Gasteiger partial charge in [-0.2, -0.15) is 0 Å². The van der Waals surface area contributed by atoms with Crippen LogP contribution in [0.5, 0.6) is 0 Å². The van der Waals surface area contributed by atoms with Gasteiger partial charge in [-0.25, -0.2) is 0 Å². The third-order valence-electron chi connectivity index (χ3n) is 4.42. The van der Waals surface area contributed by atoms with Gasteiger partial charge in [0.2, 0.25) is 5.91 Å². The van der Waals surface area contributed by atoms with E-state index in [9.17, 15) is 4.79 Å². The molecule has 1 N–H and O–H groups in total. The van der Waals surface area contributed by atoms with Crippen LogP contribution in [-0.2, 0) is 4.79 Å². The maximum Gasteiger partial charge on any atom is 0.224 e. The minimum Gasteiger partial charge on any atom is -0.340 e. The Labute approximate surface area is 116 Å². The van der Waals surface area contributed by atoms with Crippen molar-refractivity contribution in [2.24, 2.45) is 0 Å². The lowest BCUT2D eigenvalue weighted by molar-refractivity contribution is -0.134. The summed E-state index contributed by atoms with van der Waals surface area (Å²) in [5, 5.41) is 3.36. The molecule has 0 saturated carbocycles. The van der Waals surface area contributed by atoms with Gasteiger partial charge in [0.1, 0.15) is 0 Å². The minimum absolute atomic E-state index is 0.335. The predicted molar refractivity (Wildman–Crippen MR) is 77.2 cm³/mol. The highest BCUT2D eigenvalue weighted by atomic mass is 16.2. The van der Waals surface area contributed by atoms with Crippen LogP contribution in [0.2, 0.25) is 0 Å². The zero-order valence-corrected chi connectivity index (χ0v) is 12.4. The molecule has 110 valence electrons. The monoisotopic (exact) mass is 268 g/mol. The van der Waals surface area contributed by atoms with Gasteiger partial charge in [-0.15, -0.1) is 0 Å². The van der Waals surface area contributed by atoms with Gasteiger partial charge in [-0.3, -0.25) is 9.69 Å². The van der Waals surface area contributed by atoms with Crippen LogP contribution in [0.3, 0.4) is 0 Å². The quantitative estimate of drug-likeness (QED) is 0.769. The van der Waals surface area contributed by atoms with Gasteiger partial charge in [-0.05, 0) is 13.5 Å². The van der Waals surface area contributed by atoms with Crippen LogP contribution in [-0.4, -0.2) is 85.6 Å². The van der Waals surface area contributed by atoms with Crippen molar-refractivity contribution in [3.8, 4) is 0 Å². The number of carbonyl (C=O) groups is 1. The summed E-state index contributed by atoms with van der Waals surface area (Å²) in [7, 11) is 0. The molecule has 2 aliphatic heterocycles. The van der Waals surface area contributed by atoms with Crippen LogP contribution < -0.4 is 5.32 Å². The molecule has 5 heteroatoms. The van der Waals surface area contributed by atoms with Crippen molar-refractivity contribution in [2.45, 2.75) is 26.3 Å². The lowest BCUT2D eigenvalue weighted by Crippen LogP contribution is -2.51. The number of nitrogens with one attached hydrogen (secondary N) is 1. The third kappa shape index (κ3) is 4.16. The Morgan fingerprint density at radius 2 is 1.74 bits per heavy atom. The normalized spacial score (nSPS) is 24.4. The van der Waals surface area contributed by atoms with E-state index < -0.39 is 0 Å². The van der Waals surface area contributed by atoms with Gasteiger partial charge < -0.3 is 15.1 Å². The zero-order chi connectivity index (χ0) is 13.7. The molecule has 0 aromatic heterocycles. The van der Waals surface area contributed by atoms with E-state index in [2.05, 4.69) is 29.0 Å². The topological polar surface area (TPSA) is 38.8 Å². The second kappa shape index (κ2) is 7.22. The van der Waals surface area contributed by atoms with E-state index in [0.29, 0.717) is 18.4 Å². The molecule has 2 rings (SSSR count). The van der Waals surface area contributed by atoms with Crippen molar-refractivity contribution < 1.29 is 4.79 Å². The molecular formula is C14H28N4O. The second-order valence-corrected chi connectivity index (χ2v) is 5.65. The van der Waals surface area contributed by atoms with Gasteiger partial charge >= 0.3 is 0 Å². The van der Waals surface area contributed by atoms with Crippen LogP contribution in [0.15, 0.2) is 0 Å². The number of hydrogen-bond donors (Lipinski definition) is 1. The highest BCUT2D eigenvalue weighted by molar-refractivity contribution is 5.76. The molecular weight excluding hydrogens is 240 g/mol.